The zero-order valence-electron chi connectivity index (χ0n) is 16.2. The molecular weight excluding hydrogens is 419 g/mol. The second kappa shape index (κ2) is 9.06. The molecule has 0 aromatic heterocycles. The molecule has 30 heavy (non-hydrogen) atoms. The summed E-state index contributed by atoms with van der Waals surface area (Å²) in [6, 6.07) is 10.5. The standard InChI is InChI=1S/C21H21ClF3N3O2/c1-14(19(29)26-18-8-4-16(5-9-18)21(23,24)25)27-10-12-28(13-11-27)20(30)15-2-6-17(22)7-3-15/h2-9,14H,10-13H2,1H3,(H,26,29). The zero-order chi connectivity index (χ0) is 21.9. The van der Waals surface area contributed by atoms with Crippen molar-refractivity contribution in [3.8, 4) is 0 Å². The minimum atomic E-state index is -4.42. The van der Waals surface area contributed by atoms with Gasteiger partial charge in [0.2, 0.25) is 5.91 Å². The predicted molar refractivity (Wildman–Crippen MR) is 108 cm³/mol. The lowest BCUT2D eigenvalue weighted by atomic mass is 10.1. The Balaban J connectivity index is 1.53. The molecule has 1 unspecified atom stereocenters. The molecule has 0 spiro atoms. The summed E-state index contributed by atoms with van der Waals surface area (Å²) in [6.45, 7) is 3.71. The van der Waals surface area contributed by atoms with Crippen LogP contribution in [0.15, 0.2) is 48.5 Å². The van der Waals surface area contributed by atoms with Crippen molar-refractivity contribution in [2.24, 2.45) is 0 Å². The molecule has 5 nitrogen and oxygen atoms in total. The molecule has 0 bridgehead atoms. The number of hydrogen-bond acceptors (Lipinski definition) is 3. The quantitative estimate of drug-likeness (QED) is 0.779. The van der Waals surface area contributed by atoms with Crippen LogP contribution < -0.4 is 5.32 Å². The molecule has 1 aliphatic heterocycles. The number of benzene rings is 2. The van der Waals surface area contributed by atoms with E-state index in [0.29, 0.717) is 42.5 Å². The number of anilines is 1. The van der Waals surface area contributed by atoms with Gasteiger partial charge < -0.3 is 10.2 Å². The summed E-state index contributed by atoms with van der Waals surface area (Å²) in [7, 11) is 0. The number of piperazine rings is 1. The molecular formula is C21H21ClF3N3O2. The second-order valence-electron chi connectivity index (χ2n) is 7.08. The van der Waals surface area contributed by atoms with Gasteiger partial charge in [-0.2, -0.15) is 13.2 Å². The van der Waals surface area contributed by atoms with E-state index in [1.54, 1.807) is 36.1 Å². The number of hydrogen-bond donors (Lipinski definition) is 1. The molecule has 1 saturated heterocycles. The van der Waals surface area contributed by atoms with Gasteiger partial charge >= 0.3 is 6.18 Å². The lowest BCUT2D eigenvalue weighted by Gasteiger charge is -2.37. The normalized spacial score (nSPS) is 16.2. The molecule has 1 fully saturated rings. The number of halogens is 4. The van der Waals surface area contributed by atoms with E-state index in [1.807, 2.05) is 4.90 Å². The third kappa shape index (κ3) is 5.31. The smallest absolute Gasteiger partial charge is 0.336 e. The van der Waals surface area contributed by atoms with Gasteiger partial charge in [-0.15, -0.1) is 0 Å². The van der Waals surface area contributed by atoms with Crippen molar-refractivity contribution in [2.75, 3.05) is 31.5 Å². The van der Waals surface area contributed by atoms with Crippen molar-refractivity contribution in [3.05, 3.63) is 64.7 Å². The minimum Gasteiger partial charge on any atom is -0.336 e. The highest BCUT2D eigenvalue weighted by Crippen LogP contribution is 2.29. The van der Waals surface area contributed by atoms with Gasteiger partial charge in [0.05, 0.1) is 11.6 Å². The molecule has 2 amide bonds. The molecule has 2 aromatic carbocycles. The van der Waals surface area contributed by atoms with Crippen molar-refractivity contribution in [3.63, 3.8) is 0 Å². The van der Waals surface area contributed by atoms with Crippen LogP contribution in [0.3, 0.4) is 0 Å². The summed E-state index contributed by atoms with van der Waals surface area (Å²) in [6.07, 6.45) is -4.42. The predicted octanol–water partition coefficient (Wildman–Crippen LogP) is 4.14. The Labute approximate surface area is 177 Å². The van der Waals surface area contributed by atoms with Gasteiger partial charge in [0, 0.05) is 42.5 Å². The molecule has 0 radical (unpaired) electrons. The van der Waals surface area contributed by atoms with Crippen LogP contribution in [0.1, 0.15) is 22.8 Å². The Morgan fingerprint density at radius 3 is 2.07 bits per heavy atom. The molecule has 0 saturated carbocycles. The maximum Gasteiger partial charge on any atom is 0.416 e. The van der Waals surface area contributed by atoms with E-state index in [1.165, 1.54) is 12.1 Å². The fraction of sp³-hybridized carbons (Fsp3) is 0.333. The van der Waals surface area contributed by atoms with Gasteiger partial charge in [0.25, 0.3) is 5.91 Å². The van der Waals surface area contributed by atoms with Gasteiger partial charge in [-0.3, -0.25) is 14.5 Å². The summed E-state index contributed by atoms with van der Waals surface area (Å²) in [5.74, 6) is -0.402. The van der Waals surface area contributed by atoms with Gasteiger partial charge in [0.15, 0.2) is 0 Å². The van der Waals surface area contributed by atoms with E-state index >= 15 is 0 Å². The fourth-order valence-corrected chi connectivity index (χ4v) is 3.37. The van der Waals surface area contributed by atoms with Crippen LogP contribution in [-0.2, 0) is 11.0 Å². The number of nitrogens with one attached hydrogen (secondary N) is 1. The van der Waals surface area contributed by atoms with E-state index in [4.69, 9.17) is 11.6 Å². The lowest BCUT2D eigenvalue weighted by Crippen LogP contribution is -2.54. The first-order chi connectivity index (χ1) is 14.1. The zero-order valence-corrected chi connectivity index (χ0v) is 17.0. The van der Waals surface area contributed by atoms with Crippen LogP contribution in [0.4, 0.5) is 18.9 Å². The molecule has 0 aliphatic carbocycles. The SMILES string of the molecule is CC(C(=O)Nc1ccc(C(F)(F)F)cc1)N1CCN(C(=O)c2ccc(Cl)cc2)CC1. The lowest BCUT2D eigenvalue weighted by molar-refractivity contribution is -0.137. The average Bonchev–Trinajstić information content (AvgIpc) is 2.73. The first kappa shape index (κ1) is 22.1. The molecule has 2 aromatic rings. The van der Waals surface area contributed by atoms with Crippen LogP contribution in [0.5, 0.6) is 0 Å². The van der Waals surface area contributed by atoms with Crippen molar-refractivity contribution in [1.29, 1.82) is 0 Å². The largest absolute Gasteiger partial charge is 0.416 e. The first-order valence-electron chi connectivity index (χ1n) is 9.42. The average molecular weight is 440 g/mol. The van der Waals surface area contributed by atoms with E-state index in [0.717, 1.165) is 12.1 Å². The third-order valence-electron chi connectivity index (χ3n) is 5.10. The van der Waals surface area contributed by atoms with Crippen LogP contribution in [0.25, 0.3) is 0 Å². The van der Waals surface area contributed by atoms with E-state index in [-0.39, 0.29) is 11.8 Å². The van der Waals surface area contributed by atoms with Gasteiger partial charge in [0.1, 0.15) is 0 Å². The van der Waals surface area contributed by atoms with Crippen LogP contribution >= 0.6 is 11.6 Å². The second-order valence-corrected chi connectivity index (χ2v) is 7.51. The number of amides is 2. The summed E-state index contributed by atoms with van der Waals surface area (Å²) in [5.41, 5.74) is 0.0902. The fourth-order valence-electron chi connectivity index (χ4n) is 3.24. The molecule has 1 aliphatic rings. The number of carbonyl (C=O) groups excluding carboxylic acids is 2. The monoisotopic (exact) mass is 439 g/mol. The van der Waals surface area contributed by atoms with Crippen molar-refractivity contribution in [1.82, 2.24) is 9.80 Å². The molecule has 1 N–H and O–H groups in total. The Bertz CT molecular complexity index is 893. The van der Waals surface area contributed by atoms with Crippen LogP contribution in [0, 0.1) is 0 Å². The minimum absolute atomic E-state index is 0.0897. The van der Waals surface area contributed by atoms with E-state index in [2.05, 4.69) is 5.32 Å². The number of rotatable bonds is 4. The maximum absolute atomic E-state index is 12.6. The Morgan fingerprint density at radius 2 is 1.53 bits per heavy atom. The summed E-state index contributed by atoms with van der Waals surface area (Å²) in [4.78, 5) is 28.7. The summed E-state index contributed by atoms with van der Waals surface area (Å²) >= 11 is 5.85. The van der Waals surface area contributed by atoms with E-state index < -0.39 is 17.8 Å². The number of nitrogens with zero attached hydrogens (tertiary/aromatic N) is 2. The maximum atomic E-state index is 12.6. The van der Waals surface area contributed by atoms with Gasteiger partial charge in [-0.1, -0.05) is 11.6 Å². The molecule has 9 heteroatoms. The van der Waals surface area contributed by atoms with Crippen molar-refractivity contribution >= 4 is 29.1 Å². The first-order valence-corrected chi connectivity index (χ1v) is 9.80. The third-order valence-corrected chi connectivity index (χ3v) is 5.35. The number of carbonyl (C=O) groups is 2. The van der Waals surface area contributed by atoms with Gasteiger partial charge in [-0.25, -0.2) is 0 Å². The van der Waals surface area contributed by atoms with Crippen LogP contribution in [0.2, 0.25) is 5.02 Å². The molecule has 3 rings (SSSR count). The molecule has 1 heterocycles. The highest BCUT2D eigenvalue weighted by molar-refractivity contribution is 6.30. The van der Waals surface area contributed by atoms with Crippen molar-refractivity contribution in [2.45, 2.75) is 19.1 Å². The highest BCUT2D eigenvalue weighted by Gasteiger charge is 2.31. The topological polar surface area (TPSA) is 52.7 Å². The van der Waals surface area contributed by atoms with E-state index in [9.17, 15) is 22.8 Å². The highest BCUT2D eigenvalue weighted by atomic mass is 35.5. The molecule has 160 valence electrons. The summed E-state index contributed by atoms with van der Waals surface area (Å²) in [5, 5.41) is 3.20. The summed E-state index contributed by atoms with van der Waals surface area (Å²) < 4.78 is 37.9. The Hall–Kier alpha value is -2.58. The molecule has 1 atom stereocenters. The van der Waals surface area contributed by atoms with Crippen LogP contribution in [-0.4, -0.2) is 53.8 Å². The Kier molecular flexibility index (Phi) is 6.67. The number of alkyl halides is 3. The van der Waals surface area contributed by atoms with Gasteiger partial charge in [-0.05, 0) is 55.5 Å². The Morgan fingerprint density at radius 1 is 0.967 bits per heavy atom. The van der Waals surface area contributed by atoms with Crippen molar-refractivity contribution < 1.29 is 22.8 Å².